The minimum absolute atomic E-state index is 0.00487. The van der Waals surface area contributed by atoms with E-state index in [0.29, 0.717) is 21.9 Å². The summed E-state index contributed by atoms with van der Waals surface area (Å²) in [6.07, 6.45) is 1.19. The van der Waals surface area contributed by atoms with E-state index >= 15 is 0 Å². The normalized spacial score (nSPS) is 19.4. The highest BCUT2D eigenvalue weighted by molar-refractivity contribution is 6.31. The van der Waals surface area contributed by atoms with Crippen molar-refractivity contribution in [1.82, 2.24) is 21.6 Å². The lowest BCUT2D eigenvalue weighted by Gasteiger charge is -2.30. The number of hydrogen-bond donors (Lipinski definition) is 4. The van der Waals surface area contributed by atoms with E-state index in [1.54, 1.807) is 24.4 Å². The summed E-state index contributed by atoms with van der Waals surface area (Å²) < 4.78 is 19.6. The number of urea groups is 1. The van der Waals surface area contributed by atoms with Crippen LogP contribution in [0.25, 0.3) is 0 Å². The molecular formula is C18H19ClFN5O2. The van der Waals surface area contributed by atoms with Crippen molar-refractivity contribution in [1.29, 1.82) is 0 Å². The lowest BCUT2D eigenvalue weighted by atomic mass is 10.2. The maximum Gasteiger partial charge on any atom is 0.330 e. The topological polar surface area (TPSA) is 86.8 Å². The number of carbonyl (C=O) groups excluding carboxylic acids is 1. The summed E-state index contributed by atoms with van der Waals surface area (Å²) in [7, 11) is 0. The van der Waals surface area contributed by atoms with Gasteiger partial charge in [0.05, 0.1) is 17.3 Å². The van der Waals surface area contributed by atoms with E-state index < -0.39 is 5.82 Å². The first-order valence-electron chi connectivity index (χ1n) is 8.30. The number of para-hydroxylation sites is 1. The van der Waals surface area contributed by atoms with E-state index in [9.17, 15) is 9.18 Å². The van der Waals surface area contributed by atoms with E-state index in [1.807, 2.05) is 25.1 Å². The molecule has 2 unspecified atom stereocenters. The maximum atomic E-state index is 13.9. The Morgan fingerprint density at radius 2 is 2.11 bits per heavy atom. The van der Waals surface area contributed by atoms with Gasteiger partial charge in [-0.15, -0.1) is 0 Å². The number of hydrazone groups is 1. The Balaban J connectivity index is 1.66. The average molecular weight is 392 g/mol. The number of nitrogens with one attached hydrogen (secondary N) is 4. The molecule has 1 aliphatic heterocycles. The smallest absolute Gasteiger partial charge is 0.330 e. The minimum atomic E-state index is -0.418. The Morgan fingerprint density at radius 1 is 1.30 bits per heavy atom. The molecule has 2 aromatic carbocycles. The van der Waals surface area contributed by atoms with Crippen LogP contribution in [0.2, 0.25) is 5.02 Å². The van der Waals surface area contributed by atoms with Gasteiger partial charge in [0.2, 0.25) is 0 Å². The molecule has 0 bridgehead atoms. The van der Waals surface area contributed by atoms with E-state index in [-0.39, 0.29) is 24.8 Å². The number of ether oxygens (including phenoxy) is 1. The van der Waals surface area contributed by atoms with Gasteiger partial charge >= 0.3 is 6.03 Å². The lowest BCUT2D eigenvalue weighted by molar-refractivity contribution is 0.202. The monoisotopic (exact) mass is 391 g/mol. The summed E-state index contributed by atoms with van der Waals surface area (Å²) in [5, 5.41) is 7.18. The van der Waals surface area contributed by atoms with Crippen LogP contribution in [0, 0.1) is 5.82 Å². The molecule has 0 spiro atoms. The van der Waals surface area contributed by atoms with Crippen molar-refractivity contribution in [3.8, 4) is 5.75 Å². The van der Waals surface area contributed by atoms with Crippen molar-refractivity contribution < 1.29 is 13.9 Å². The first-order valence-corrected chi connectivity index (χ1v) is 8.67. The average Bonchev–Trinajstić information content (AvgIpc) is 2.65. The molecule has 2 atom stereocenters. The number of carbonyl (C=O) groups is 1. The molecule has 9 heteroatoms. The second-order valence-electron chi connectivity index (χ2n) is 5.92. The Labute approximate surface area is 160 Å². The van der Waals surface area contributed by atoms with Gasteiger partial charge < -0.3 is 10.1 Å². The Morgan fingerprint density at radius 3 is 2.93 bits per heavy atom. The molecule has 1 fully saturated rings. The predicted molar refractivity (Wildman–Crippen MR) is 101 cm³/mol. The Bertz CT molecular complexity index is 828. The third-order valence-corrected chi connectivity index (χ3v) is 4.32. The second kappa shape index (κ2) is 8.70. The molecule has 3 rings (SSSR count). The van der Waals surface area contributed by atoms with Gasteiger partial charge in [-0.3, -0.25) is 10.9 Å². The van der Waals surface area contributed by atoms with Crippen LogP contribution in [-0.2, 0) is 6.61 Å². The number of benzene rings is 2. The predicted octanol–water partition coefficient (Wildman–Crippen LogP) is 2.51. The molecule has 1 saturated heterocycles. The third kappa shape index (κ3) is 4.87. The molecule has 2 amide bonds. The van der Waals surface area contributed by atoms with Crippen LogP contribution in [0.1, 0.15) is 18.1 Å². The first-order chi connectivity index (χ1) is 13.0. The van der Waals surface area contributed by atoms with Crippen LogP contribution < -0.4 is 26.3 Å². The number of nitrogens with zero attached hydrogens (tertiary/aromatic N) is 1. The van der Waals surface area contributed by atoms with Crippen molar-refractivity contribution in [2.24, 2.45) is 5.10 Å². The zero-order valence-corrected chi connectivity index (χ0v) is 15.3. The van der Waals surface area contributed by atoms with Gasteiger partial charge in [-0.2, -0.15) is 5.10 Å². The van der Waals surface area contributed by atoms with Crippen LogP contribution in [0.3, 0.4) is 0 Å². The molecule has 1 aliphatic rings. The Hall–Kier alpha value is -2.84. The van der Waals surface area contributed by atoms with E-state index in [0.717, 1.165) is 0 Å². The molecule has 142 valence electrons. The standard InChI is InChI=1S/C18H19ClFN5O2/c1-11-17(22-18(26)25-23-11)24-21-9-12-5-2-3-8-16(12)27-10-13-14(19)6-4-7-15(13)20/h2-9,11,17,23-24H,10H2,1H3,(H2,22,25,26)/b21-9+. The number of hydrogen-bond acceptors (Lipinski definition) is 5. The van der Waals surface area contributed by atoms with Crippen LogP contribution in [0.4, 0.5) is 9.18 Å². The largest absolute Gasteiger partial charge is 0.488 e. The highest BCUT2D eigenvalue weighted by Gasteiger charge is 2.23. The van der Waals surface area contributed by atoms with Gasteiger partial charge in [-0.1, -0.05) is 29.8 Å². The fraction of sp³-hybridized carbons (Fsp3) is 0.222. The van der Waals surface area contributed by atoms with Gasteiger partial charge in [-0.05, 0) is 31.2 Å². The molecule has 0 aliphatic carbocycles. The summed E-state index contributed by atoms with van der Waals surface area (Å²) >= 11 is 6.03. The summed E-state index contributed by atoms with van der Waals surface area (Å²) in [5.41, 5.74) is 9.14. The van der Waals surface area contributed by atoms with Crippen molar-refractivity contribution in [3.05, 3.63) is 64.4 Å². The number of hydrazine groups is 1. The van der Waals surface area contributed by atoms with E-state index in [1.165, 1.54) is 6.07 Å². The van der Waals surface area contributed by atoms with Crippen molar-refractivity contribution in [3.63, 3.8) is 0 Å². The zero-order valence-electron chi connectivity index (χ0n) is 14.5. The summed E-state index contributed by atoms with van der Waals surface area (Å²) in [5.74, 6) is 0.112. The van der Waals surface area contributed by atoms with Crippen molar-refractivity contribution in [2.45, 2.75) is 25.7 Å². The zero-order chi connectivity index (χ0) is 19.2. The van der Waals surface area contributed by atoms with Gasteiger partial charge in [-0.25, -0.2) is 14.6 Å². The van der Waals surface area contributed by atoms with Crippen LogP contribution in [-0.4, -0.2) is 24.5 Å². The Kier molecular flexibility index (Phi) is 6.10. The molecule has 0 saturated carbocycles. The molecular weight excluding hydrogens is 373 g/mol. The molecule has 2 aromatic rings. The van der Waals surface area contributed by atoms with Gasteiger partial charge in [0.1, 0.15) is 24.3 Å². The minimum Gasteiger partial charge on any atom is -0.488 e. The quantitative estimate of drug-likeness (QED) is 0.450. The van der Waals surface area contributed by atoms with E-state index in [2.05, 4.69) is 26.7 Å². The molecule has 1 heterocycles. The van der Waals surface area contributed by atoms with Gasteiger partial charge in [0, 0.05) is 11.1 Å². The van der Waals surface area contributed by atoms with Crippen molar-refractivity contribution >= 4 is 23.8 Å². The SMILES string of the molecule is CC1NNC(=O)NC1N/N=C/c1ccccc1OCc1c(F)cccc1Cl. The maximum absolute atomic E-state index is 13.9. The summed E-state index contributed by atoms with van der Waals surface area (Å²) in [6, 6.07) is 11.3. The van der Waals surface area contributed by atoms with Crippen LogP contribution >= 0.6 is 11.6 Å². The highest BCUT2D eigenvalue weighted by atomic mass is 35.5. The first kappa shape index (κ1) is 18.9. The number of halogens is 2. The van der Waals surface area contributed by atoms with Crippen molar-refractivity contribution in [2.75, 3.05) is 0 Å². The molecule has 27 heavy (non-hydrogen) atoms. The lowest BCUT2D eigenvalue weighted by Crippen LogP contribution is -2.67. The highest BCUT2D eigenvalue weighted by Crippen LogP contribution is 2.23. The molecule has 0 radical (unpaired) electrons. The van der Waals surface area contributed by atoms with Gasteiger partial charge in [0.25, 0.3) is 0 Å². The second-order valence-corrected chi connectivity index (χ2v) is 6.33. The molecule has 4 N–H and O–H groups in total. The number of rotatable bonds is 6. The third-order valence-electron chi connectivity index (χ3n) is 3.97. The number of amides is 2. The van der Waals surface area contributed by atoms with E-state index in [4.69, 9.17) is 16.3 Å². The molecule has 0 aromatic heterocycles. The van der Waals surface area contributed by atoms with Crippen LogP contribution in [0.5, 0.6) is 5.75 Å². The van der Waals surface area contributed by atoms with Gasteiger partial charge in [0.15, 0.2) is 0 Å². The van der Waals surface area contributed by atoms with Crippen LogP contribution in [0.15, 0.2) is 47.6 Å². The fourth-order valence-corrected chi connectivity index (χ4v) is 2.65. The summed E-state index contributed by atoms with van der Waals surface area (Å²) in [4.78, 5) is 11.3. The fourth-order valence-electron chi connectivity index (χ4n) is 2.44. The summed E-state index contributed by atoms with van der Waals surface area (Å²) in [6.45, 7) is 1.88. The molecule has 7 nitrogen and oxygen atoms in total.